The molecule has 1 heterocycles. The first-order valence-electron chi connectivity index (χ1n) is 5.21. The molecule has 0 aliphatic rings. The van der Waals surface area contributed by atoms with Crippen LogP contribution in [0.15, 0.2) is 60.0 Å². The van der Waals surface area contributed by atoms with E-state index in [-0.39, 0.29) is 0 Å². The maximum atomic E-state index is 3.39. The maximum Gasteiger partial charge on any atom is 0.0391 e. The van der Waals surface area contributed by atoms with E-state index in [0.29, 0.717) is 0 Å². The van der Waals surface area contributed by atoms with E-state index in [2.05, 4.69) is 47.1 Å². The Labute approximate surface area is 98.4 Å². The Morgan fingerprint density at radius 2 is 1.69 bits per heavy atom. The zero-order valence-corrected chi connectivity index (χ0v) is 9.50. The first-order valence-corrected chi connectivity index (χ1v) is 6.09. The van der Waals surface area contributed by atoms with Gasteiger partial charge in [0, 0.05) is 16.1 Å². The van der Waals surface area contributed by atoms with Crippen molar-refractivity contribution in [1.29, 1.82) is 0 Å². The van der Waals surface area contributed by atoms with Crippen LogP contribution in [0.2, 0.25) is 0 Å². The number of para-hydroxylation sites is 1. The van der Waals surface area contributed by atoms with Crippen molar-refractivity contribution in [3.8, 4) is 0 Å². The molecular formula is C14H11NS. The SMILES string of the molecule is c1ccc(Nc2ccc3sccc3c2)cc1. The largest absolute Gasteiger partial charge is 0.356 e. The highest BCUT2D eigenvalue weighted by atomic mass is 32.1. The van der Waals surface area contributed by atoms with Gasteiger partial charge in [-0.25, -0.2) is 0 Å². The quantitative estimate of drug-likeness (QED) is 0.669. The van der Waals surface area contributed by atoms with Gasteiger partial charge in [0.1, 0.15) is 0 Å². The molecule has 2 heteroatoms. The molecule has 78 valence electrons. The third-order valence-electron chi connectivity index (χ3n) is 2.51. The molecule has 1 N–H and O–H groups in total. The summed E-state index contributed by atoms with van der Waals surface area (Å²) in [5.74, 6) is 0. The van der Waals surface area contributed by atoms with Crippen LogP contribution in [0.3, 0.4) is 0 Å². The molecule has 16 heavy (non-hydrogen) atoms. The summed E-state index contributed by atoms with van der Waals surface area (Å²) in [5, 5.41) is 6.81. The molecule has 0 unspecified atom stereocenters. The minimum atomic E-state index is 1.12. The third kappa shape index (κ3) is 1.79. The van der Waals surface area contributed by atoms with Crippen LogP contribution < -0.4 is 5.32 Å². The summed E-state index contributed by atoms with van der Waals surface area (Å²) in [6.07, 6.45) is 0. The van der Waals surface area contributed by atoms with Gasteiger partial charge in [0.25, 0.3) is 0 Å². The first-order chi connectivity index (χ1) is 7.92. The second-order valence-electron chi connectivity index (χ2n) is 3.66. The molecule has 0 saturated carbocycles. The zero-order valence-electron chi connectivity index (χ0n) is 8.68. The number of hydrogen-bond acceptors (Lipinski definition) is 2. The van der Waals surface area contributed by atoms with E-state index in [1.165, 1.54) is 10.1 Å². The normalized spacial score (nSPS) is 10.5. The summed E-state index contributed by atoms with van der Waals surface area (Å²) in [7, 11) is 0. The van der Waals surface area contributed by atoms with Gasteiger partial charge in [-0.1, -0.05) is 18.2 Å². The van der Waals surface area contributed by atoms with Crippen LogP contribution in [0.1, 0.15) is 0 Å². The standard InChI is InChI=1S/C14H11NS/c1-2-4-12(5-3-1)15-13-6-7-14-11(10-13)8-9-16-14/h1-10,15H. The van der Waals surface area contributed by atoms with E-state index in [1.54, 1.807) is 11.3 Å². The van der Waals surface area contributed by atoms with Crippen LogP contribution >= 0.6 is 11.3 Å². The summed E-state index contributed by atoms with van der Waals surface area (Å²) >= 11 is 1.77. The molecule has 0 spiro atoms. The summed E-state index contributed by atoms with van der Waals surface area (Å²) in [4.78, 5) is 0. The molecule has 0 aliphatic carbocycles. The van der Waals surface area contributed by atoms with Crippen molar-refractivity contribution >= 4 is 32.8 Å². The molecule has 0 amide bonds. The first kappa shape index (κ1) is 9.43. The fraction of sp³-hybridized carbons (Fsp3) is 0. The van der Waals surface area contributed by atoms with Gasteiger partial charge in [-0.05, 0) is 47.2 Å². The number of anilines is 2. The van der Waals surface area contributed by atoms with E-state index in [4.69, 9.17) is 0 Å². The average molecular weight is 225 g/mol. The fourth-order valence-corrected chi connectivity index (χ4v) is 2.50. The van der Waals surface area contributed by atoms with Gasteiger partial charge in [0.2, 0.25) is 0 Å². The molecule has 0 atom stereocenters. The number of benzene rings is 2. The second kappa shape index (κ2) is 3.99. The summed E-state index contributed by atoms with van der Waals surface area (Å²) in [5.41, 5.74) is 2.26. The monoisotopic (exact) mass is 225 g/mol. The van der Waals surface area contributed by atoms with Crippen LogP contribution in [-0.4, -0.2) is 0 Å². The van der Waals surface area contributed by atoms with Crippen LogP contribution in [0, 0.1) is 0 Å². The Kier molecular flexibility index (Phi) is 2.35. The summed E-state index contributed by atoms with van der Waals surface area (Å²) in [6.45, 7) is 0. The minimum Gasteiger partial charge on any atom is -0.356 e. The number of nitrogens with one attached hydrogen (secondary N) is 1. The predicted octanol–water partition coefficient (Wildman–Crippen LogP) is 4.64. The lowest BCUT2D eigenvalue weighted by atomic mass is 10.2. The van der Waals surface area contributed by atoms with Crippen LogP contribution in [0.4, 0.5) is 11.4 Å². The van der Waals surface area contributed by atoms with Crippen LogP contribution in [-0.2, 0) is 0 Å². The van der Waals surface area contributed by atoms with Gasteiger partial charge in [-0.3, -0.25) is 0 Å². The Morgan fingerprint density at radius 3 is 2.56 bits per heavy atom. The molecular weight excluding hydrogens is 214 g/mol. The molecule has 2 aromatic carbocycles. The van der Waals surface area contributed by atoms with E-state index in [1.807, 2.05) is 18.2 Å². The summed E-state index contributed by atoms with van der Waals surface area (Å²) < 4.78 is 1.33. The number of rotatable bonds is 2. The Balaban J connectivity index is 1.94. The van der Waals surface area contributed by atoms with Gasteiger partial charge in [-0.15, -0.1) is 11.3 Å². The van der Waals surface area contributed by atoms with Crippen molar-refractivity contribution in [2.45, 2.75) is 0 Å². The highest BCUT2D eigenvalue weighted by Crippen LogP contribution is 2.25. The number of fused-ring (bicyclic) bond motifs is 1. The lowest BCUT2D eigenvalue weighted by molar-refractivity contribution is 1.57. The van der Waals surface area contributed by atoms with Gasteiger partial charge >= 0.3 is 0 Å². The molecule has 3 aromatic rings. The number of thiophene rings is 1. The zero-order chi connectivity index (χ0) is 10.8. The molecule has 1 aromatic heterocycles. The lowest BCUT2D eigenvalue weighted by Gasteiger charge is -2.05. The van der Waals surface area contributed by atoms with Gasteiger partial charge < -0.3 is 5.32 Å². The minimum absolute atomic E-state index is 1.12. The van der Waals surface area contributed by atoms with Crippen LogP contribution in [0.5, 0.6) is 0 Å². The molecule has 0 saturated heterocycles. The molecule has 0 aliphatic heterocycles. The molecule has 3 rings (SSSR count). The highest BCUT2D eigenvalue weighted by Gasteiger charge is 1.97. The predicted molar refractivity (Wildman–Crippen MR) is 71.5 cm³/mol. The Morgan fingerprint density at radius 1 is 0.812 bits per heavy atom. The van der Waals surface area contributed by atoms with Gasteiger partial charge in [-0.2, -0.15) is 0 Å². The van der Waals surface area contributed by atoms with Crippen molar-refractivity contribution in [2.24, 2.45) is 0 Å². The van der Waals surface area contributed by atoms with E-state index < -0.39 is 0 Å². The lowest BCUT2D eigenvalue weighted by Crippen LogP contribution is -1.88. The number of hydrogen-bond donors (Lipinski definition) is 1. The topological polar surface area (TPSA) is 12.0 Å². The smallest absolute Gasteiger partial charge is 0.0391 e. The molecule has 0 radical (unpaired) electrons. The average Bonchev–Trinajstić information content (AvgIpc) is 2.77. The fourth-order valence-electron chi connectivity index (χ4n) is 1.73. The van der Waals surface area contributed by atoms with Crippen LogP contribution in [0.25, 0.3) is 10.1 Å². The maximum absolute atomic E-state index is 3.39. The highest BCUT2D eigenvalue weighted by molar-refractivity contribution is 7.17. The van der Waals surface area contributed by atoms with E-state index in [9.17, 15) is 0 Å². The third-order valence-corrected chi connectivity index (χ3v) is 3.41. The van der Waals surface area contributed by atoms with Gasteiger partial charge in [0.05, 0.1) is 0 Å². The Bertz CT molecular complexity index is 598. The van der Waals surface area contributed by atoms with E-state index in [0.717, 1.165) is 11.4 Å². The van der Waals surface area contributed by atoms with E-state index >= 15 is 0 Å². The Hall–Kier alpha value is -1.80. The molecule has 0 fully saturated rings. The van der Waals surface area contributed by atoms with Crippen molar-refractivity contribution in [3.63, 3.8) is 0 Å². The van der Waals surface area contributed by atoms with Crippen molar-refractivity contribution in [3.05, 3.63) is 60.0 Å². The summed E-state index contributed by atoms with van der Waals surface area (Å²) in [6, 6.07) is 18.8. The van der Waals surface area contributed by atoms with Crippen molar-refractivity contribution in [2.75, 3.05) is 5.32 Å². The van der Waals surface area contributed by atoms with Crippen molar-refractivity contribution in [1.82, 2.24) is 0 Å². The molecule has 1 nitrogen and oxygen atoms in total. The second-order valence-corrected chi connectivity index (χ2v) is 4.61. The molecule has 0 bridgehead atoms. The van der Waals surface area contributed by atoms with Gasteiger partial charge in [0.15, 0.2) is 0 Å². The van der Waals surface area contributed by atoms with Crippen molar-refractivity contribution < 1.29 is 0 Å².